The van der Waals surface area contributed by atoms with E-state index < -0.39 is 23.7 Å². The number of nitrogens with one attached hydrogen (secondary N) is 1. The summed E-state index contributed by atoms with van der Waals surface area (Å²) in [6.07, 6.45) is -4.51. The molecule has 0 bridgehead atoms. The molecule has 0 fully saturated rings. The number of amides is 1. The smallest absolute Gasteiger partial charge is 0.373 e. The van der Waals surface area contributed by atoms with E-state index in [9.17, 15) is 18.0 Å². The lowest BCUT2D eigenvalue weighted by molar-refractivity contribution is -0.137. The van der Waals surface area contributed by atoms with Gasteiger partial charge < -0.3 is 11.1 Å². The first-order chi connectivity index (χ1) is 8.25. The van der Waals surface area contributed by atoms with Gasteiger partial charge in [0, 0.05) is 0 Å². The third kappa shape index (κ3) is 3.13. The summed E-state index contributed by atoms with van der Waals surface area (Å²) in [6.45, 7) is 1.45. The number of primary amides is 1. The maximum atomic E-state index is 12.4. The Hall–Kier alpha value is -2.23. The highest BCUT2D eigenvalue weighted by Crippen LogP contribution is 2.31. The molecule has 1 unspecified atom stereocenters. The minimum absolute atomic E-state index is 0.136. The third-order valence-corrected chi connectivity index (χ3v) is 2.27. The van der Waals surface area contributed by atoms with Crippen LogP contribution in [-0.2, 0) is 11.0 Å². The molecule has 0 aliphatic carbocycles. The molecule has 0 spiro atoms. The first-order valence-corrected chi connectivity index (χ1v) is 4.93. The number of hydrogen-bond acceptors (Lipinski definition) is 3. The maximum Gasteiger partial charge on any atom is 0.416 e. The van der Waals surface area contributed by atoms with Gasteiger partial charge in [0.1, 0.15) is 12.1 Å². The summed E-state index contributed by atoms with van der Waals surface area (Å²) in [4.78, 5) is 10.8. The average Bonchev–Trinajstić information content (AvgIpc) is 2.27. The van der Waals surface area contributed by atoms with Gasteiger partial charge in [-0.1, -0.05) is 0 Å². The van der Waals surface area contributed by atoms with E-state index in [1.807, 2.05) is 0 Å². The molecular formula is C11H10F3N3O. The molecule has 0 saturated carbocycles. The van der Waals surface area contributed by atoms with Gasteiger partial charge in [-0.05, 0) is 25.1 Å². The summed E-state index contributed by atoms with van der Waals surface area (Å²) in [5.41, 5.74) is 4.03. The summed E-state index contributed by atoms with van der Waals surface area (Å²) < 4.78 is 37.3. The van der Waals surface area contributed by atoms with Crippen molar-refractivity contribution in [3.8, 4) is 6.07 Å². The first-order valence-electron chi connectivity index (χ1n) is 4.93. The number of benzene rings is 1. The topological polar surface area (TPSA) is 78.9 Å². The molecule has 0 heterocycles. The van der Waals surface area contributed by atoms with Crippen molar-refractivity contribution in [3.05, 3.63) is 29.3 Å². The van der Waals surface area contributed by atoms with E-state index in [2.05, 4.69) is 5.32 Å². The van der Waals surface area contributed by atoms with Crippen LogP contribution in [0.2, 0.25) is 0 Å². The second-order valence-corrected chi connectivity index (χ2v) is 3.64. The zero-order valence-corrected chi connectivity index (χ0v) is 9.38. The van der Waals surface area contributed by atoms with Crippen molar-refractivity contribution in [1.29, 1.82) is 5.26 Å². The second-order valence-electron chi connectivity index (χ2n) is 3.64. The molecule has 1 atom stereocenters. The van der Waals surface area contributed by atoms with Crippen LogP contribution >= 0.6 is 0 Å². The zero-order chi connectivity index (χ0) is 13.9. The predicted molar refractivity (Wildman–Crippen MR) is 58.4 cm³/mol. The van der Waals surface area contributed by atoms with Crippen molar-refractivity contribution >= 4 is 11.6 Å². The third-order valence-electron chi connectivity index (χ3n) is 2.27. The molecule has 1 amide bonds. The number of carbonyl (C=O) groups excluding carboxylic acids is 1. The van der Waals surface area contributed by atoms with Gasteiger partial charge >= 0.3 is 6.18 Å². The van der Waals surface area contributed by atoms with Crippen molar-refractivity contribution < 1.29 is 18.0 Å². The number of alkyl halides is 3. The Morgan fingerprint density at radius 1 is 1.50 bits per heavy atom. The lowest BCUT2D eigenvalue weighted by atomic mass is 10.1. The molecule has 0 aliphatic heterocycles. The summed E-state index contributed by atoms with van der Waals surface area (Å²) in [6, 6.07) is 3.50. The number of nitrogens with two attached hydrogens (primary N) is 1. The zero-order valence-electron chi connectivity index (χ0n) is 9.38. The van der Waals surface area contributed by atoms with Crippen LogP contribution in [0, 0.1) is 11.3 Å². The number of anilines is 1. The number of nitrogens with zero attached hydrogens (tertiary/aromatic N) is 1. The van der Waals surface area contributed by atoms with Crippen molar-refractivity contribution in [2.75, 3.05) is 5.32 Å². The van der Waals surface area contributed by atoms with Crippen LogP contribution in [0.4, 0.5) is 18.9 Å². The molecule has 1 aromatic carbocycles. The fourth-order valence-corrected chi connectivity index (χ4v) is 1.24. The van der Waals surface area contributed by atoms with Gasteiger partial charge in [0.2, 0.25) is 5.91 Å². The fourth-order valence-electron chi connectivity index (χ4n) is 1.24. The van der Waals surface area contributed by atoms with Crippen LogP contribution in [-0.4, -0.2) is 11.9 Å². The number of halogens is 3. The summed E-state index contributed by atoms with van der Waals surface area (Å²) in [5.74, 6) is -0.668. The lowest BCUT2D eigenvalue weighted by Gasteiger charge is -2.14. The van der Waals surface area contributed by atoms with Crippen LogP contribution in [0.3, 0.4) is 0 Å². The molecule has 4 nitrogen and oxygen atoms in total. The van der Waals surface area contributed by atoms with Gasteiger partial charge in [-0.3, -0.25) is 4.79 Å². The second kappa shape index (κ2) is 4.96. The summed E-state index contributed by atoms with van der Waals surface area (Å²) in [5, 5.41) is 11.4. The van der Waals surface area contributed by atoms with Gasteiger partial charge in [-0.15, -0.1) is 0 Å². The van der Waals surface area contributed by atoms with Crippen molar-refractivity contribution in [2.45, 2.75) is 19.1 Å². The molecule has 7 heteroatoms. The van der Waals surface area contributed by atoms with E-state index in [0.717, 1.165) is 18.2 Å². The molecule has 1 aromatic rings. The van der Waals surface area contributed by atoms with Gasteiger partial charge in [-0.25, -0.2) is 0 Å². The van der Waals surface area contributed by atoms with Crippen LogP contribution in [0.5, 0.6) is 0 Å². The lowest BCUT2D eigenvalue weighted by Crippen LogP contribution is -2.32. The Balaban J connectivity index is 3.10. The van der Waals surface area contributed by atoms with E-state index in [1.54, 1.807) is 6.07 Å². The highest BCUT2D eigenvalue weighted by molar-refractivity contribution is 5.83. The molecule has 18 heavy (non-hydrogen) atoms. The van der Waals surface area contributed by atoms with Crippen molar-refractivity contribution in [3.63, 3.8) is 0 Å². The number of hydrogen-bond donors (Lipinski definition) is 2. The first kappa shape index (κ1) is 13.8. The van der Waals surface area contributed by atoms with Crippen LogP contribution in [0.15, 0.2) is 18.2 Å². The Morgan fingerprint density at radius 3 is 2.56 bits per heavy atom. The number of nitriles is 1. The van der Waals surface area contributed by atoms with Crippen molar-refractivity contribution in [1.82, 2.24) is 0 Å². The quantitative estimate of drug-likeness (QED) is 0.867. The molecule has 0 radical (unpaired) electrons. The van der Waals surface area contributed by atoms with E-state index in [0.29, 0.717) is 0 Å². The number of carbonyl (C=O) groups is 1. The summed E-state index contributed by atoms with van der Waals surface area (Å²) >= 11 is 0. The van der Waals surface area contributed by atoms with E-state index >= 15 is 0 Å². The van der Waals surface area contributed by atoms with E-state index in [-0.39, 0.29) is 11.3 Å². The van der Waals surface area contributed by atoms with Gasteiger partial charge in [0.05, 0.1) is 16.8 Å². The van der Waals surface area contributed by atoms with Gasteiger partial charge in [0.15, 0.2) is 0 Å². The molecule has 0 aliphatic rings. The Morgan fingerprint density at radius 2 is 2.11 bits per heavy atom. The fraction of sp³-hybridized carbons (Fsp3) is 0.273. The SMILES string of the molecule is CC(Nc1ccc(C(F)(F)F)cc1C#N)C(N)=O. The molecule has 96 valence electrons. The molecule has 0 aromatic heterocycles. The maximum absolute atomic E-state index is 12.4. The Bertz CT molecular complexity index is 505. The van der Waals surface area contributed by atoms with E-state index in [4.69, 9.17) is 11.0 Å². The Labute approximate surface area is 101 Å². The minimum atomic E-state index is -4.51. The van der Waals surface area contributed by atoms with Gasteiger partial charge in [0.25, 0.3) is 0 Å². The Kier molecular flexibility index (Phi) is 3.81. The summed E-state index contributed by atoms with van der Waals surface area (Å²) in [7, 11) is 0. The predicted octanol–water partition coefficient (Wildman–Crippen LogP) is 1.86. The van der Waals surface area contributed by atoms with E-state index in [1.165, 1.54) is 6.92 Å². The highest BCUT2D eigenvalue weighted by Gasteiger charge is 2.31. The van der Waals surface area contributed by atoms with Crippen molar-refractivity contribution in [2.24, 2.45) is 5.73 Å². The molecule has 3 N–H and O–H groups in total. The standard InChI is InChI=1S/C11H10F3N3O/c1-6(10(16)18)17-9-3-2-8(11(12,13)14)4-7(9)5-15/h2-4,6,17H,1H3,(H2,16,18). The molecular weight excluding hydrogens is 247 g/mol. The average molecular weight is 257 g/mol. The molecule has 0 saturated heterocycles. The normalized spacial score (nSPS) is 12.6. The van der Waals surface area contributed by atoms with Gasteiger partial charge in [-0.2, -0.15) is 18.4 Å². The number of rotatable bonds is 3. The molecule has 1 rings (SSSR count). The highest BCUT2D eigenvalue weighted by atomic mass is 19.4. The van der Waals surface area contributed by atoms with Crippen LogP contribution < -0.4 is 11.1 Å². The minimum Gasteiger partial charge on any atom is -0.373 e. The largest absolute Gasteiger partial charge is 0.416 e. The monoisotopic (exact) mass is 257 g/mol. The van der Waals surface area contributed by atoms with Crippen LogP contribution in [0.1, 0.15) is 18.1 Å². The van der Waals surface area contributed by atoms with Crippen LogP contribution in [0.25, 0.3) is 0 Å².